The molecule has 8 heteroatoms. The summed E-state index contributed by atoms with van der Waals surface area (Å²) in [5.74, 6) is 0.143. The van der Waals surface area contributed by atoms with Crippen LogP contribution >= 0.6 is 0 Å². The number of rotatable bonds is 9. The maximum Gasteiger partial charge on any atom is 0.387 e. The molecule has 1 N–H and O–H groups in total. The number of nitrogens with one attached hydrogen (secondary N) is 1. The molecule has 0 atom stereocenters. The van der Waals surface area contributed by atoms with Gasteiger partial charge in [0.25, 0.3) is 5.91 Å². The molecule has 0 unspecified atom stereocenters. The molecule has 0 saturated heterocycles. The molecule has 0 saturated carbocycles. The molecular weight excluding hydrogens is 384 g/mol. The highest BCUT2D eigenvalue weighted by molar-refractivity contribution is 6.04. The molecule has 0 aliphatic heterocycles. The highest BCUT2D eigenvalue weighted by Gasteiger charge is 2.15. The molecule has 3 rings (SSSR count). The molecule has 1 aromatic heterocycles. The van der Waals surface area contributed by atoms with E-state index in [1.165, 1.54) is 25.3 Å². The Balaban J connectivity index is 1.64. The van der Waals surface area contributed by atoms with Gasteiger partial charge in [0.2, 0.25) is 0 Å². The van der Waals surface area contributed by atoms with E-state index in [9.17, 15) is 13.6 Å². The number of furan rings is 1. The average molecular weight is 403 g/mol. The molecule has 0 fully saturated rings. The van der Waals surface area contributed by atoms with Crippen LogP contribution in [0, 0.1) is 0 Å². The smallest absolute Gasteiger partial charge is 0.387 e. The number of alkyl halides is 2. The van der Waals surface area contributed by atoms with E-state index in [4.69, 9.17) is 13.9 Å². The predicted molar refractivity (Wildman–Crippen MR) is 101 cm³/mol. The first kappa shape index (κ1) is 20.3. The highest BCUT2D eigenvalue weighted by atomic mass is 19.3. The monoisotopic (exact) mass is 403 g/mol. The zero-order valence-electron chi connectivity index (χ0n) is 15.6. The third-order valence-electron chi connectivity index (χ3n) is 3.92. The van der Waals surface area contributed by atoms with Crippen LogP contribution in [-0.4, -0.2) is 19.6 Å². The summed E-state index contributed by atoms with van der Waals surface area (Å²) >= 11 is 0. The van der Waals surface area contributed by atoms with Gasteiger partial charge in [0.1, 0.15) is 12.4 Å². The standard InChI is InChI=1S/C21H19F2NO5/c1-26-18-8-7-15(11-19(18)29-21(22)23)20(25)24-16-5-2-4-14(10-16)12-27-13-17-6-3-9-28-17/h2-11,21H,12-13H2,1H3,(H,24,25). The van der Waals surface area contributed by atoms with Gasteiger partial charge in [-0.15, -0.1) is 0 Å². The van der Waals surface area contributed by atoms with Gasteiger partial charge in [0, 0.05) is 11.3 Å². The van der Waals surface area contributed by atoms with Crippen molar-refractivity contribution in [2.24, 2.45) is 0 Å². The van der Waals surface area contributed by atoms with Crippen LogP contribution in [0.1, 0.15) is 21.7 Å². The van der Waals surface area contributed by atoms with Crippen LogP contribution in [0.5, 0.6) is 11.5 Å². The fraction of sp³-hybridized carbons (Fsp3) is 0.190. The minimum absolute atomic E-state index is 0.109. The van der Waals surface area contributed by atoms with Gasteiger partial charge in [-0.2, -0.15) is 8.78 Å². The van der Waals surface area contributed by atoms with Crippen LogP contribution in [-0.2, 0) is 18.0 Å². The molecule has 0 aliphatic carbocycles. The van der Waals surface area contributed by atoms with Crippen LogP contribution < -0.4 is 14.8 Å². The third kappa shape index (κ3) is 5.79. The molecule has 29 heavy (non-hydrogen) atoms. The number of carbonyl (C=O) groups is 1. The van der Waals surface area contributed by atoms with E-state index in [-0.39, 0.29) is 17.1 Å². The van der Waals surface area contributed by atoms with Crippen molar-refractivity contribution >= 4 is 11.6 Å². The molecule has 1 heterocycles. The minimum Gasteiger partial charge on any atom is -0.493 e. The van der Waals surface area contributed by atoms with E-state index in [1.807, 2.05) is 12.1 Å². The predicted octanol–water partition coefficient (Wildman–Crippen LogP) is 4.86. The summed E-state index contributed by atoms with van der Waals surface area (Å²) in [5, 5.41) is 2.72. The third-order valence-corrected chi connectivity index (χ3v) is 3.92. The van der Waals surface area contributed by atoms with E-state index >= 15 is 0 Å². The number of benzene rings is 2. The number of hydrogen-bond donors (Lipinski definition) is 1. The van der Waals surface area contributed by atoms with Crippen molar-refractivity contribution in [1.82, 2.24) is 0 Å². The summed E-state index contributed by atoms with van der Waals surface area (Å²) < 4.78 is 45.3. The lowest BCUT2D eigenvalue weighted by molar-refractivity contribution is -0.0512. The SMILES string of the molecule is COc1ccc(C(=O)Nc2cccc(COCc3ccco3)c2)cc1OC(F)F. The van der Waals surface area contributed by atoms with Crippen molar-refractivity contribution in [3.63, 3.8) is 0 Å². The highest BCUT2D eigenvalue weighted by Crippen LogP contribution is 2.29. The van der Waals surface area contributed by atoms with E-state index in [1.54, 1.807) is 30.5 Å². The van der Waals surface area contributed by atoms with E-state index in [0.29, 0.717) is 18.9 Å². The Morgan fingerprint density at radius 2 is 1.93 bits per heavy atom. The van der Waals surface area contributed by atoms with E-state index in [2.05, 4.69) is 10.1 Å². The lowest BCUT2D eigenvalue weighted by Crippen LogP contribution is -2.13. The number of amides is 1. The maximum absolute atomic E-state index is 12.6. The van der Waals surface area contributed by atoms with Crippen LogP contribution in [0.15, 0.2) is 65.3 Å². The van der Waals surface area contributed by atoms with Crippen molar-refractivity contribution in [3.8, 4) is 11.5 Å². The Labute approximate surface area is 166 Å². The lowest BCUT2D eigenvalue weighted by Gasteiger charge is -2.12. The number of anilines is 1. The molecule has 2 aromatic carbocycles. The molecule has 0 aliphatic rings. The van der Waals surface area contributed by atoms with Gasteiger partial charge in [0.05, 0.1) is 20.0 Å². The molecule has 3 aromatic rings. The van der Waals surface area contributed by atoms with Gasteiger partial charge < -0.3 is 23.9 Å². The normalized spacial score (nSPS) is 10.8. The molecule has 0 bridgehead atoms. The Bertz CT molecular complexity index is 944. The Hall–Kier alpha value is -3.39. The van der Waals surface area contributed by atoms with Crippen molar-refractivity contribution in [2.75, 3.05) is 12.4 Å². The summed E-state index contributed by atoms with van der Waals surface area (Å²) in [4.78, 5) is 12.5. The van der Waals surface area contributed by atoms with E-state index < -0.39 is 12.5 Å². The number of methoxy groups -OCH3 is 1. The summed E-state index contributed by atoms with van der Waals surface area (Å²) in [6.07, 6.45) is 1.58. The summed E-state index contributed by atoms with van der Waals surface area (Å²) in [7, 11) is 1.33. The molecule has 1 amide bonds. The minimum atomic E-state index is -3.03. The molecular formula is C21H19F2NO5. The number of hydrogen-bond acceptors (Lipinski definition) is 5. The van der Waals surface area contributed by atoms with Gasteiger partial charge in [-0.05, 0) is 48.0 Å². The second kappa shape index (κ2) is 9.70. The van der Waals surface area contributed by atoms with Crippen molar-refractivity contribution < 1.29 is 32.2 Å². The summed E-state index contributed by atoms with van der Waals surface area (Å²) in [6.45, 7) is -2.36. The fourth-order valence-corrected chi connectivity index (χ4v) is 2.61. The first-order valence-electron chi connectivity index (χ1n) is 8.68. The van der Waals surface area contributed by atoms with Gasteiger partial charge in [-0.3, -0.25) is 4.79 Å². The zero-order chi connectivity index (χ0) is 20.6. The zero-order valence-corrected chi connectivity index (χ0v) is 15.6. The number of ether oxygens (including phenoxy) is 3. The van der Waals surface area contributed by atoms with Crippen molar-refractivity contribution in [1.29, 1.82) is 0 Å². The largest absolute Gasteiger partial charge is 0.493 e. The summed E-state index contributed by atoms with van der Waals surface area (Å²) in [6, 6.07) is 14.8. The quantitative estimate of drug-likeness (QED) is 0.553. The molecule has 6 nitrogen and oxygen atoms in total. The maximum atomic E-state index is 12.6. The number of halogens is 2. The van der Waals surface area contributed by atoms with Gasteiger partial charge in [-0.25, -0.2) is 0 Å². The lowest BCUT2D eigenvalue weighted by atomic mass is 10.1. The van der Waals surface area contributed by atoms with Crippen molar-refractivity contribution in [2.45, 2.75) is 19.8 Å². The van der Waals surface area contributed by atoms with Gasteiger partial charge in [-0.1, -0.05) is 12.1 Å². The molecule has 152 valence electrons. The molecule has 0 spiro atoms. The Morgan fingerprint density at radius 1 is 1.07 bits per heavy atom. The van der Waals surface area contributed by atoms with E-state index in [0.717, 1.165) is 11.3 Å². The Kier molecular flexibility index (Phi) is 6.80. The van der Waals surface area contributed by atoms with Gasteiger partial charge >= 0.3 is 6.61 Å². The first-order chi connectivity index (χ1) is 14.0. The van der Waals surface area contributed by atoms with Crippen LogP contribution in [0.2, 0.25) is 0 Å². The topological polar surface area (TPSA) is 69.9 Å². The van der Waals surface area contributed by atoms with Crippen molar-refractivity contribution in [3.05, 3.63) is 77.7 Å². The second-order valence-corrected chi connectivity index (χ2v) is 5.97. The number of carbonyl (C=O) groups excluding carboxylic acids is 1. The molecule has 0 radical (unpaired) electrons. The average Bonchev–Trinajstić information content (AvgIpc) is 3.21. The summed E-state index contributed by atoms with van der Waals surface area (Å²) in [5.41, 5.74) is 1.55. The van der Waals surface area contributed by atoms with Crippen LogP contribution in [0.4, 0.5) is 14.5 Å². The first-order valence-corrected chi connectivity index (χ1v) is 8.68. The van der Waals surface area contributed by atoms with Crippen LogP contribution in [0.25, 0.3) is 0 Å². The second-order valence-electron chi connectivity index (χ2n) is 5.97. The fourth-order valence-electron chi connectivity index (χ4n) is 2.61. The van der Waals surface area contributed by atoms with Crippen LogP contribution in [0.3, 0.4) is 0 Å². The van der Waals surface area contributed by atoms with Gasteiger partial charge in [0.15, 0.2) is 11.5 Å². The Morgan fingerprint density at radius 3 is 2.66 bits per heavy atom.